The van der Waals surface area contributed by atoms with E-state index in [1.165, 1.54) is 21.4 Å². The number of hydrogen-bond donors (Lipinski definition) is 0. The normalized spacial score (nSPS) is 11.7. The Bertz CT molecular complexity index is 1060. The molecule has 0 fully saturated rings. The molecule has 4 heteroatoms. The summed E-state index contributed by atoms with van der Waals surface area (Å²) in [5, 5.41) is 0. The van der Waals surface area contributed by atoms with Crippen LogP contribution in [0.25, 0.3) is 31.7 Å². The van der Waals surface area contributed by atoms with Crippen LogP contribution in [0.15, 0.2) is 36.8 Å². The highest BCUT2D eigenvalue weighted by molar-refractivity contribution is 7.26. The molecule has 0 N–H and O–H groups in total. The topological polar surface area (TPSA) is 38.7 Å². The molecule has 0 saturated carbocycles. The summed E-state index contributed by atoms with van der Waals surface area (Å²) in [5.41, 5.74) is 8.00. The van der Waals surface area contributed by atoms with Gasteiger partial charge < -0.3 is 0 Å². The first kappa shape index (κ1) is 16.2. The average Bonchev–Trinajstić information content (AvgIpc) is 2.93. The molecular formula is C21H21N3S. The van der Waals surface area contributed by atoms with Gasteiger partial charge in [0.1, 0.15) is 17.4 Å². The lowest BCUT2D eigenvalue weighted by molar-refractivity contribution is 0.650. The third-order valence-electron chi connectivity index (χ3n) is 4.34. The van der Waals surface area contributed by atoms with Crippen LogP contribution < -0.4 is 0 Å². The molecule has 3 aromatic heterocycles. The van der Waals surface area contributed by atoms with Gasteiger partial charge in [-0.05, 0) is 49.9 Å². The zero-order chi connectivity index (χ0) is 17.6. The Labute approximate surface area is 151 Å². The van der Waals surface area contributed by atoms with E-state index in [2.05, 4.69) is 66.9 Å². The van der Waals surface area contributed by atoms with Crippen molar-refractivity contribution in [3.05, 3.63) is 53.5 Å². The fourth-order valence-corrected chi connectivity index (χ4v) is 4.68. The second-order valence-corrected chi connectivity index (χ2v) is 8.14. The van der Waals surface area contributed by atoms with Gasteiger partial charge in [-0.15, -0.1) is 11.3 Å². The zero-order valence-electron chi connectivity index (χ0n) is 15.0. The van der Waals surface area contributed by atoms with Crippen LogP contribution in [0.3, 0.4) is 0 Å². The molecule has 0 atom stereocenters. The summed E-state index contributed by atoms with van der Waals surface area (Å²) in [7, 11) is 0. The minimum atomic E-state index is 0.612. The maximum Gasteiger partial charge on any atom is 0.116 e. The number of benzene rings is 1. The van der Waals surface area contributed by atoms with Gasteiger partial charge in [-0.1, -0.05) is 31.0 Å². The first-order valence-electron chi connectivity index (χ1n) is 8.62. The number of fused-ring (bicyclic) bond motifs is 3. The molecule has 126 valence electrons. The Balaban J connectivity index is 2.01. The van der Waals surface area contributed by atoms with Gasteiger partial charge in [-0.25, -0.2) is 9.97 Å². The lowest BCUT2D eigenvalue weighted by Crippen LogP contribution is -1.94. The molecule has 0 saturated heterocycles. The first-order valence-corrected chi connectivity index (χ1v) is 9.44. The van der Waals surface area contributed by atoms with Crippen molar-refractivity contribution in [2.75, 3.05) is 0 Å². The van der Waals surface area contributed by atoms with E-state index in [9.17, 15) is 0 Å². The van der Waals surface area contributed by atoms with Crippen LogP contribution in [0.5, 0.6) is 0 Å². The van der Waals surface area contributed by atoms with Gasteiger partial charge in [-0.3, -0.25) is 4.98 Å². The van der Waals surface area contributed by atoms with Gasteiger partial charge in [-0.2, -0.15) is 0 Å². The van der Waals surface area contributed by atoms with Crippen LogP contribution in [0, 0.1) is 19.8 Å². The maximum absolute atomic E-state index is 4.63. The van der Waals surface area contributed by atoms with E-state index in [0.717, 1.165) is 33.4 Å². The van der Waals surface area contributed by atoms with Gasteiger partial charge >= 0.3 is 0 Å². The summed E-state index contributed by atoms with van der Waals surface area (Å²) >= 11 is 1.78. The van der Waals surface area contributed by atoms with Gasteiger partial charge in [0.25, 0.3) is 0 Å². The van der Waals surface area contributed by atoms with Crippen molar-refractivity contribution < 1.29 is 0 Å². The number of nitrogens with zero attached hydrogens (tertiary/aromatic N) is 3. The molecule has 4 aromatic rings. The molecule has 0 aliphatic carbocycles. The SMILES string of the molecule is Cc1cc(C)cc(-c2ncnc3c2sc2c(CC(C)C)ccnc23)c1. The number of aryl methyl sites for hydroxylation is 2. The average molecular weight is 347 g/mol. The fourth-order valence-electron chi connectivity index (χ4n) is 3.43. The molecule has 0 aliphatic heterocycles. The minimum Gasteiger partial charge on any atom is -0.253 e. The summed E-state index contributed by atoms with van der Waals surface area (Å²) in [6.07, 6.45) is 4.63. The quantitative estimate of drug-likeness (QED) is 0.475. The third kappa shape index (κ3) is 2.91. The van der Waals surface area contributed by atoms with Crippen LogP contribution in [-0.2, 0) is 6.42 Å². The highest BCUT2D eigenvalue weighted by Crippen LogP contribution is 2.38. The van der Waals surface area contributed by atoms with Crippen LogP contribution in [0.2, 0.25) is 0 Å². The number of aromatic nitrogens is 3. The van der Waals surface area contributed by atoms with Crippen molar-refractivity contribution in [3.63, 3.8) is 0 Å². The van der Waals surface area contributed by atoms with Crippen LogP contribution in [0.1, 0.15) is 30.5 Å². The van der Waals surface area contributed by atoms with E-state index < -0.39 is 0 Å². The molecule has 3 nitrogen and oxygen atoms in total. The molecule has 0 spiro atoms. The van der Waals surface area contributed by atoms with Crippen molar-refractivity contribution in [1.29, 1.82) is 0 Å². The lowest BCUT2D eigenvalue weighted by atomic mass is 10.0. The number of thiophene rings is 1. The van der Waals surface area contributed by atoms with Crippen molar-refractivity contribution in [2.24, 2.45) is 5.92 Å². The molecule has 25 heavy (non-hydrogen) atoms. The van der Waals surface area contributed by atoms with Gasteiger partial charge in [0.2, 0.25) is 0 Å². The molecule has 0 aliphatic rings. The molecule has 0 amide bonds. The number of rotatable bonds is 3. The van der Waals surface area contributed by atoms with E-state index in [4.69, 9.17) is 0 Å². The first-order chi connectivity index (χ1) is 12.0. The largest absolute Gasteiger partial charge is 0.253 e. The highest BCUT2D eigenvalue weighted by atomic mass is 32.1. The zero-order valence-corrected chi connectivity index (χ0v) is 15.8. The van der Waals surface area contributed by atoms with E-state index in [1.54, 1.807) is 17.7 Å². The van der Waals surface area contributed by atoms with Crippen molar-refractivity contribution in [3.8, 4) is 11.3 Å². The summed E-state index contributed by atoms with van der Waals surface area (Å²) in [4.78, 5) is 13.8. The number of hydrogen-bond acceptors (Lipinski definition) is 4. The Morgan fingerprint density at radius 3 is 2.36 bits per heavy atom. The molecule has 0 radical (unpaired) electrons. The van der Waals surface area contributed by atoms with Crippen molar-refractivity contribution in [2.45, 2.75) is 34.1 Å². The standard InChI is InChI=1S/C21H21N3S/c1-12(2)7-15-5-6-22-18-19-21(25-20(15)18)17(23-11-24-19)16-9-13(3)8-14(4)10-16/h5-6,8-12H,7H2,1-4H3. The minimum absolute atomic E-state index is 0.612. The molecule has 0 unspecified atom stereocenters. The molecule has 0 bridgehead atoms. The summed E-state index contributed by atoms with van der Waals surface area (Å²) in [6.45, 7) is 8.75. The van der Waals surface area contributed by atoms with E-state index in [1.807, 2.05) is 6.20 Å². The van der Waals surface area contributed by atoms with Gasteiger partial charge in [0.05, 0.1) is 15.1 Å². The Morgan fingerprint density at radius 2 is 1.64 bits per heavy atom. The highest BCUT2D eigenvalue weighted by Gasteiger charge is 2.16. The van der Waals surface area contributed by atoms with E-state index in [-0.39, 0.29) is 0 Å². The lowest BCUT2D eigenvalue weighted by Gasteiger charge is -2.05. The second kappa shape index (κ2) is 6.19. The Morgan fingerprint density at radius 1 is 0.920 bits per heavy atom. The van der Waals surface area contributed by atoms with E-state index in [0.29, 0.717) is 5.92 Å². The number of pyridine rings is 1. The third-order valence-corrected chi connectivity index (χ3v) is 5.59. The van der Waals surface area contributed by atoms with Crippen LogP contribution >= 0.6 is 11.3 Å². The summed E-state index contributed by atoms with van der Waals surface area (Å²) in [6, 6.07) is 8.72. The predicted molar refractivity (Wildman–Crippen MR) is 106 cm³/mol. The fraction of sp³-hybridized carbons (Fsp3) is 0.286. The Hall–Kier alpha value is -2.33. The second-order valence-electron chi connectivity index (χ2n) is 7.12. The van der Waals surface area contributed by atoms with Crippen LogP contribution in [0.4, 0.5) is 0 Å². The maximum atomic E-state index is 4.63. The molecule has 3 heterocycles. The van der Waals surface area contributed by atoms with Gasteiger partial charge in [0.15, 0.2) is 0 Å². The Kier molecular flexibility index (Phi) is 4.00. The van der Waals surface area contributed by atoms with Crippen LogP contribution in [-0.4, -0.2) is 15.0 Å². The predicted octanol–water partition coefficient (Wildman–Crippen LogP) is 5.72. The van der Waals surface area contributed by atoms with E-state index >= 15 is 0 Å². The molecule has 4 rings (SSSR count). The summed E-state index contributed by atoms with van der Waals surface area (Å²) in [5.74, 6) is 0.612. The molecular weight excluding hydrogens is 326 g/mol. The summed E-state index contributed by atoms with van der Waals surface area (Å²) < 4.78 is 2.38. The molecule has 1 aromatic carbocycles. The van der Waals surface area contributed by atoms with Gasteiger partial charge in [0, 0.05) is 11.8 Å². The monoisotopic (exact) mass is 347 g/mol. The van der Waals surface area contributed by atoms with Crippen molar-refractivity contribution in [1.82, 2.24) is 15.0 Å². The van der Waals surface area contributed by atoms with Crippen molar-refractivity contribution >= 4 is 31.8 Å². The smallest absolute Gasteiger partial charge is 0.116 e.